The molecule has 0 aromatic heterocycles. The van der Waals surface area contributed by atoms with E-state index in [9.17, 15) is 9.90 Å². The van der Waals surface area contributed by atoms with Gasteiger partial charge >= 0.3 is 0 Å². The Morgan fingerprint density at radius 1 is 1.10 bits per heavy atom. The quantitative estimate of drug-likeness (QED) is 0.877. The van der Waals surface area contributed by atoms with Crippen molar-refractivity contribution < 1.29 is 9.90 Å². The number of aliphatic hydroxyl groups excluding tert-OH is 1. The lowest BCUT2D eigenvalue weighted by Crippen LogP contribution is -2.28. The summed E-state index contributed by atoms with van der Waals surface area (Å²) in [7, 11) is 0. The topological polar surface area (TPSA) is 49.3 Å². The summed E-state index contributed by atoms with van der Waals surface area (Å²) in [5.41, 5.74) is 0.935. The van der Waals surface area contributed by atoms with Crippen molar-refractivity contribution in [2.24, 2.45) is 0 Å². The summed E-state index contributed by atoms with van der Waals surface area (Å²) in [6.07, 6.45) is -0.848. The molecule has 21 heavy (non-hydrogen) atoms. The first kappa shape index (κ1) is 16.1. The Morgan fingerprint density at radius 2 is 1.81 bits per heavy atom. The zero-order chi connectivity index (χ0) is 15.4. The van der Waals surface area contributed by atoms with E-state index in [2.05, 4.69) is 5.32 Å². The van der Waals surface area contributed by atoms with Crippen LogP contribution in [0.15, 0.2) is 42.5 Å². The van der Waals surface area contributed by atoms with E-state index in [0.717, 1.165) is 0 Å². The van der Waals surface area contributed by atoms with Gasteiger partial charge in [-0.05, 0) is 35.9 Å². The minimum Gasteiger partial charge on any atom is -0.387 e. The van der Waals surface area contributed by atoms with Crippen molar-refractivity contribution in [1.82, 2.24) is 5.32 Å². The molecule has 0 spiro atoms. The zero-order valence-electron chi connectivity index (χ0n) is 10.8. The normalized spacial score (nSPS) is 12.0. The highest BCUT2D eigenvalue weighted by molar-refractivity contribution is 6.36. The Kier molecular flexibility index (Phi) is 5.48. The van der Waals surface area contributed by atoms with E-state index < -0.39 is 6.10 Å². The first-order chi connectivity index (χ1) is 9.97. The Morgan fingerprint density at radius 3 is 2.48 bits per heavy atom. The molecular weight excluding hydrogens is 333 g/mol. The zero-order valence-corrected chi connectivity index (χ0v) is 13.1. The molecule has 0 saturated heterocycles. The van der Waals surface area contributed by atoms with E-state index in [1.807, 2.05) is 0 Å². The van der Waals surface area contributed by atoms with Gasteiger partial charge in [0.25, 0.3) is 5.91 Å². The molecular formula is C15H12Cl3NO2. The smallest absolute Gasteiger partial charge is 0.252 e. The number of benzene rings is 2. The van der Waals surface area contributed by atoms with Crippen LogP contribution in [0.1, 0.15) is 22.0 Å². The van der Waals surface area contributed by atoms with Crippen molar-refractivity contribution in [3.8, 4) is 0 Å². The van der Waals surface area contributed by atoms with Crippen LogP contribution in [0.2, 0.25) is 15.1 Å². The van der Waals surface area contributed by atoms with E-state index in [4.69, 9.17) is 34.8 Å². The Labute approximate surface area is 137 Å². The van der Waals surface area contributed by atoms with E-state index in [-0.39, 0.29) is 17.5 Å². The van der Waals surface area contributed by atoms with Crippen LogP contribution >= 0.6 is 34.8 Å². The summed E-state index contributed by atoms with van der Waals surface area (Å²) in [6.45, 7) is 0.0537. The molecule has 1 atom stereocenters. The molecule has 1 amide bonds. The van der Waals surface area contributed by atoms with E-state index in [1.165, 1.54) is 12.1 Å². The maximum Gasteiger partial charge on any atom is 0.252 e. The molecule has 2 aromatic rings. The highest BCUT2D eigenvalue weighted by Crippen LogP contribution is 2.21. The molecule has 2 N–H and O–H groups in total. The summed E-state index contributed by atoms with van der Waals surface area (Å²) in [6, 6.07) is 11.4. The van der Waals surface area contributed by atoms with Gasteiger partial charge in [0.15, 0.2) is 0 Å². The third kappa shape index (κ3) is 4.35. The Hall–Kier alpha value is -1.26. The molecule has 0 heterocycles. The molecule has 0 aliphatic heterocycles. The minimum atomic E-state index is -0.848. The molecule has 6 heteroatoms. The molecule has 0 bridgehead atoms. The van der Waals surface area contributed by atoms with E-state index >= 15 is 0 Å². The van der Waals surface area contributed by atoms with Gasteiger partial charge in [0, 0.05) is 16.6 Å². The van der Waals surface area contributed by atoms with Gasteiger partial charge in [-0.15, -0.1) is 0 Å². The van der Waals surface area contributed by atoms with E-state index in [0.29, 0.717) is 21.2 Å². The second-order valence-corrected chi connectivity index (χ2v) is 5.69. The molecule has 2 rings (SSSR count). The monoisotopic (exact) mass is 343 g/mol. The first-order valence-electron chi connectivity index (χ1n) is 6.14. The summed E-state index contributed by atoms with van der Waals surface area (Å²) in [4.78, 5) is 12.0. The van der Waals surface area contributed by atoms with Crippen LogP contribution in [0.25, 0.3) is 0 Å². The predicted octanol–water partition coefficient (Wildman–Crippen LogP) is 4.11. The van der Waals surface area contributed by atoms with Crippen molar-refractivity contribution in [3.05, 3.63) is 68.7 Å². The molecule has 2 aromatic carbocycles. The number of hydrogen-bond donors (Lipinski definition) is 2. The lowest BCUT2D eigenvalue weighted by Gasteiger charge is -2.13. The number of carbonyl (C=O) groups is 1. The number of carbonyl (C=O) groups excluding carboxylic acids is 1. The van der Waals surface area contributed by atoms with Crippen molar-refractivity contribution in [1.29, 1.82) is 0 Å². The van der Waals surface area contributed by atoms with Gasteiger partial charge in [0.1, 0.15) is 0 Å². The average Bonchev–Trinajstić information content (AvgIpc) is 2.44. The largest absolute Gasteiger partial charge is 0.387 e. The second kappa shape index (κ2) is 7.14. The number of amides is 1. The first-order valence-corrected chi connectivity index (χ1v) is 7.27. The minimum absolute atomic E-state index is 0.0537. The second-order valence-electron chi connectivity index (χ2n) is 4.40. The molecule has 0 fully saturated rings. The molecule has 3 nitrogen and oxygen atoms in total. The van der Waals surface area contributed by atoms with Crippen LogP contribution in [0.3, 0.4) is 0 Å². The predicted molar refractivity (Wildman–Crippen MR) is 85.2 cm³/mol. The van der Waals surface area contributed by atoms with Gasteiger partial charge in [-0.2, -0.15) is 0 Å². The summed E-state index contributed by atoms with van der Waals surface area (Å²) in [5, 5.41) is 13.9. The Balaban J connectivity index is 2.00. The maximum atomic E-state index is 12.0. The van der Waals surface area contributed by atoms with Gasteiger partial charge in [-0.25, -0.2) is 0 Å². The molecule has 0 unspecified atom stereocenters. The number of hydrogen-bond acceptors (Lipinski definition) is 2. The van der Waals surface area contributed by atoms with Crippen molar-refractivity contribution in [2.75, 3.05) is 6.54 Å². The average molecular weight is 345 g/mol. The highest BCUT2D eigenvalue weighted by Gasteiger charge is 2.13. The Bertz CT molecular complexity index is 661. The van der Waals surface area contributed by atoms with Crippen LogP contribution in [0, 0.1) is 0 Å². The van der Waals surface area contributed by atoms with Gasteiger partial charge in [-0.1, -0.05) is 46.9 Å². The SMILES string of the molecule is O=C(NC[C@H](O)c1cccc(Cl)c1)c1ccc(Cl)cc1Cl. The summed E-state index contributed by atoms with van der Waals surface area (Å²) >= 11 is 17.6. The summed E-state index contributed by atoms with van der Waals surface area (Å²) in [5.74, 6) is -0.377. The standard InChI is InChI=1S/C15H12Cl3NO2/c16-10-3-1-2-9(6-10)14(20)8-19-15(21)12-5-4-11(17)7-13(12)18/h1-7,14,20H,8H2,(H,19,21)/t14-/m0/s1. The van der Waals surface area contributed by atoms with Gasteiger partial charge in [-0.3, -0.25) is 4.79 Å². The molecule has 110 valence electrons. The van der Waals surface area contributed by atoms with Crippen molar-refractivity contribution in [3.63, 3.8) is 0 Å². The number of halogens is 3. The molecule has 0 aliphatic carbocycles. The molecule has 0 radical (unpaired) electrons. The fourth-order valence-corrected chi connectivity index (χ4v) is 2.48. The van der Waals surface area contributed by atoms with E-state index in [1.54, 1.807) is 30.3 Å². The van der Waals surface area contributed by atoms with Crippen LogP contribution in [-0.4, -0.2) is 17.6 Å². The van der Waals surface area contributed by atoms with Crippen LogP contribution in [-0.2, 0) is 0 Å². The lowest BCUT2D eigenvalue weighted by atomic mass is 10.1. The van der Waals surface area contributed by atoms with Crippen molar-refractivity contribution in [2.45, 2.75) is 6.10 Å². The van der Waals surface area contributed by atoms with Crippen LogP contribution in [0.4, 0.5) is 0 Å². The molecule has 0 aliphatic rings. The van der Waals surface area contributed by atoms with Gasteiger partial charge in [0.2, 0.25) is 0 Å². The lowest BCUT2D eigenvalue weighted by molar-refractivity contribution is 0.0916. The number of nitrogens with one attached hydrogen (secondary N) is 1. The highest BCUT2D eigenvalue weighted by atomic mass is 35.5. The maximum absolute atomic E-state index is 12.0. The fourth-order valence-electron chi connectivity index (χ4n) is 1.79. The third-order valence-electron chi connectivity index (χ3n) is 2.87. The third-order valence-corrected chi connectivity index (χ3v) is 3.65. The van der Waals surface area contributed by atoms with Crippen LogP contribution < -0.4 is 5.32 Å². The van der Waals surface area contributed by atoms with Crippen LogP contribution in [0.5, 0.6) is 0 Å². The number of rotatable bonds is 4. The molecule has 0 saturated carbocycles. The van der Waals surface area contributed by atoms with Gasteiger partial charge in [0.05, 0.1) is 16.7 Å². The summed E-state index contributed by atoms with van der Waals surface area (Å²) < 4.78 is 0. The van der Waals surface area contributed by atoms with Crippen molar-refractivity contribution >= 4 is 40.7 Å². The fraction of sp³-hybridized carbons (Fsp3) is 0.133. The number of aliphatic hydroxyl groups is 1. The van der Waals surface area contributed by atoms with Gasteiger partial charge < -0.3 is 10.4 Å².